The quantitative estimate of drug-likeness (QED) is 0.920. The number of hydrogen-bond donors (Lipinski definition) is 1. The predicted molar refractivity (Wildman–Crippen MR) is 78.2 cm³/mol. The summed E-state index contributed by atoms with van der Waals surface area (Å²) >= 11 is 0. The Labute approximate surface area is 122 Å². The molecule has 1 amide bonds. The molecule has 3 rings (SSSR count). The van der Waals surface area contributed by atoms with Gasteiger partial charge in [-0.05, 0) is 42.3 Å². The van der Waals surface area contributed by atoms with Gasteiger partial charge in [0.25, 0.3) is 5.91 Å². The van der Waals surface area contributed by atoms with Gasteiger partial charge in [0.15, 0.2) is 0 Å². The maximum Gasteiger partial charge on any atom is 0.335 e. The number of carbonyl (C=O) groups excluding carboxylic acids is 1. The van der Waals surface area contributed by atoms with E-state index in [4.69, 9.17) is 5.11 Å². The van der Waals surface area contributed by atoms with Crippen molar-refractivity contribution >= 4 is 11.9 Å². The normalized spacial score (nSPS) is 13.1. The molecule has 0 bridgehead atoms. The fourth-order valence-corrected chi connectivity index (χ4v) is 2.55. The van der Waals surface area contributed by atoms with Gasteiger partial charge in [0.2, 0.25) is 0 Å². The number of carbonyl (C=O) groups is 2. The van der Waals surface area contributed by atoms with Crippen LogP contribution in [0.2, 0.25) is 0 Å². The van der Waals surface area contributed by atoms with Gasteiger partial charge < -0.3 is 10.0 Å². The fourth-order valence-electron chi connectivity index (χ4n) is 2.55. The van der Waals surface area contributed by atoms with E-state index in [0.717, 1.165) is 16.7 Å². The van der Waals surface area contributed by atoms with E-state index < -0.39 is 5.97 Å². The van der Waals surface area contributed by atoms with Gasteiger partial charge in [0.05, 0.1) is 5.56 Å². The maximum absolute atomic E-state index is 12.5. The molecule has 106 valence electrons. The van der Waals surface area contributed by atoms with Crippen LogP contribution in [0.1, 0.15) is 37.4 Å². The van der Waals surface area contributed by atoms with Gasteiger partial charge in [-0.3, -0.25) is 4.79 Å². The van der Waals surface area contributed by atoms with Crippen LogP contribution in [0.15, 0.2) is 42.5 Å². The summed E-state index contributed by atoms with van der Waals surface area (Å²) < 4.78 is 0. The highest BCUT2D eigenvalue weighted by molar-refractivity contribution is 5.94. The Bertz CT molecular complexity index is 719. The summed E-state index contributed by atoms with van der Waals surface area (Å²) in [5, 5.41) is 9.01. The van der Waals surface area contributed by atoms with E-state index in [1.807, 2.05) is 31.2 Å². The molecule has 0 unspecified atom stereocenters. The van der Waals surface area contributed by atoms with E-state index in [9.17, 15) is 9.59 Å². The zero-order chi connectivity index (χ0) is 15.0. The van der Waals surface area contributed by atoms with Crippen molar-refractivity contribution in [2.24, 2.45) is 0 Å². The van der Waals surface area contributed by atoms with Gasteiger partial charge in [-0.2, -0.15) is 0 Å². The van der Waals surface area contributed by atoms with Crippen LogP contribution in [0.4, 0.5) is 0 Å². The van der Waals surface area contributed by atoms with Crippen molar-refractivity contribution in [2.75, 3.05) is 0 Å². The van der Waals surface area contributed by atoms with E-state index in [0.29, 0.717) is 18.7 Å². The SMILES string of the molecule is Cc1ccc(C(=O)N2Cc3ccc(C(=O)O)cc3C2)cc1. The van der Waals surface area contributed by atoms with E-state index in [1.165, 1.54) is 0 Å². The lowest BCUT2D eigenvalue weighted by Crippen LogP contribution is -2.25. The number of carboxylic acid groups (broad SMARTS) is 1. The van der Waals surface area contributed by atoms with Crippen molar-refractivity contribution in [1.29, 1.82) is 0 Å². The minimum Gasteiger partial charge on any atom is -0.478 e. The summed E-state index contributed by atoms with van der Waals surface area (Å²) in [7, 11) is 0. The third-order valence-corrected chi connectivity index (χ3v) is 3.76. The molecule has 0 saturated heterocycles. The summed E-state index contributed by atoms with van der Waals surface area (Å²) in [5.74, 6) is -0.968. The highest BCUT2D eigenvalue weighted by atomic mass is 16.4. The van der Waals surface area contributed by atoms with Crippen molar-refractivity contribution in [1.82, 2.24) is 4.90 Å². The van der Waals surface area contributed by atoms with Crippen molar-refractivity contribution in [3.05, 3.63) is 70.3 Å². The zero-order valence-corrected chi connectivity index (χ0v) is 11.7. The van der Waals surface area contributed by atoms with Crippen LogP contribution in [-0.4, -0.2) is 21.9 Å². The largest absolute Gasteiger partial charge is 0.478 e. The van der Waals surface area contributed by atoms with E-state index in [2.05, 4.69) is 0 Å². The average molecular weight is 281 g/mol. The molecule has 1 heterocycles. The van der Waals surface area contributed by atoms with Gasteiger partial charge in [0, 0.05) is 18.7 Å². The third-order valence-electron chi connectivity index (χ3n) is 3.76. The molecule has 0 spiro atoms. The lowest BCUT2D eigenvalue weighted by Gasteiger charge is -2.15. The average Bonchev–Trinajstić information content (AvgIpc) is 2.90. The number of aryl methyl sites for hydroxylation is 1. The minimum absolute atomic E-state index is 0.0249. The molecule has 0 aliphatic carbocycles. The molecule has 4 nitrogen and oxygen atoms in total. The highest BCUT2D eigenvalue weighted by Crippen LogP contribution is 2.25. The first-order valence-corrected chi connectivity index (χ1v) is 6.75. The van der Waals surface area contributed by atoms with Gasteiger partial charge in [0.1, 0.15) is 0 Å². The van der Waals surface area contributed by atoms with Crippen molar-refractivity contribution in [3.63, 3.8) is 0 Å². The summed E-state index contributed by atoms with van der Waals surface area (Å²) in [4.78, 5) is 25.2. The topological polar surface area (TPSA) is 57.6 Å². The van der Waals surface area contributed by atoms with Gasteiger partial charge in [-0.15, -0.1) is 0 Å². The standard InChI is InChI=1S/C17H15NO3/c1-11-2-4-12(5-3-11)16(19)18-9-14-7-6-13(17(20)21)8-15(14)10-18/h2-8H,9-10H2,1H3,(H,20,21). The third kappa shape index (κ3) is 2.52. The molecule has 0 aromatic heterocycles. The van der Waals surface area contributed by atoms with Crippen LogP contribution in [0.25, 0.3) is 0 Å². The lowest BCUT2D eigenvalue weighted by molar-refractivity contribution is 0.0696. The zero-order valence-electron chi connectivity index (χ0n) is 11.7. The van der Waals surface area contributed by atoms with E-state index in [-0.39, 0.29) is 11.5 Å². The van der Waals surface area contributed by atoms with Gasteiger partial charge >= 0.3 is 5.97 Å². The smallest absolute Gasteiger partial charge is 0.335 e. The second-order valence-electron chi connectivity index (χ2n) is 5.32. The summed E-state index contributed by atoms with van der Waals surface area (Å²) in [6.07, 6.45) is 0. The monoisotopic (exact) mass is 281 g/mol. The number of amides is 1. The second kappa shape index (κ2) is 5.05. The number of rotatable bonds is 2. The van der Waals surface area contributed by atoms with Crippen LogP contribution in [0, 0.1) is 6.92 Å². The number of benzene rings is 2. The van der Waals surface area contributed by atoms with Gasteiger partial charge in [-0.25, -0.2) is 4.79 Å². The van der Waals surface area contributed by atoms with Crippen molar-refractivity contribution in [3.8, 4) is 0 Å². The van der Waals surface area contributed by atoms with Crippen LogP contribution >= 0.6 is 0 Å². The Kier molecular flexibility index (Phi) is 3.22. The molecule has 21 heavy (non-hydrogen) atoms. The lowest BCUT2D eigenvalue weighted by atomic mass is 10.1. The maximum atomic E-state index is 12.5. The van der Waals surface area contributed by atoms with Crippen LogP contribution in [0.5, 0.6) is 0 Å². The molecular weight excluding hydrogens is 266 g/mol. The Balaban J connectivity index is 1.82. The first-order chi connectivity index (χ1) is 10.0. The predicted octanol–water partition coefficient (Wildman–Crippen LogP) is 2.85. The Morgan fingerprint density at radius 2 is 1.57 bits per heavy atom. The summed E-state index contributed by atoms with van der Waals surface area (Å²) in [5.41, 5.74) is 3.96. The van der Waals surface area contributed by atoms with Crippen molar-refractivity contribution < 1.29 is 14.7 Å². The fraction of sp³-hybridized carbons (Fsp3) is 0.176. The molecule has 0 atom stereocenters. The molecule has 0 radical (unpaired) electrons. The number of fused-ring (bicyclic) bond motifs is 1. The molecular formula is C17H15NO3. The first kappa shape index (κ1) is 13.4. The molecule has 2 aromatic carbocycles. The summed E-state index contributed by atoms with van der Waals surface area (Å²) in [6, 6.07) is 12.5. The number of nitrogens with zero attached hydrogens (tertiary/aromatic N) is 1. The van der Waals surface area contributed by atoms with Gasteiger partial charge in [-0.1, -0.05) is 23.8 Å². The van der Waals surface area contributed by atoms with E-state index in [1.54, 1.807) is 23.1 Å². The Morgan fingerprint density at radius 1 is 0.952 bits per heavy atom. The van der Waals surface area contributed by atoms with Crippen LogP contribution < -0.4 is 0 Å². The van der Waals surface area contributed by atoms with Crippen LogP contribution in [0.3, 0.4) is 0 Å². The molecule has 1 N–H and O–H groups in total. The molecule has 0 saturated carbocycles. The molecule has 2 aromatic rings. The Hall–Kier alpha value is -2.62. The molecule has 4 heteroatoms. The number of aromatic carboxylic acids is 1. The summed E-state index contributed by atoms with van der Waals surface area (Å²) in [6.45, 7) is 2.97. The van der Waals surface area contributed by atoms with E-state index >= 15 is 0 Å². The second-order valence-corrected chi connectivity index (χ2v) is 5.32. The van der Waals surface area contributed by atoms with Crippen molar-refractivity contribution in [2.45, 2.75) is 20.0 Å². The van der Waals surface area contributed by atoms with Crippen LogP contribution in [-0.2, 0) is 13.1 Å². The number of hydrogen-bond acceptors (Lipinski definition) is 2. The first-order valence-electron chi connectivity index (χ1n) is 6.75. The minimum atomic E-state index is -0.943. The molecule has 0 fully saturated rings. The molecule has 1 aliphatic rings. The number of carboxylic acids is 1. The Morgan fingerprint density at radius 3 is 2.24 bits per heavy atom. The molecule has 1 aliphatic heterocycles. The highest BCUT2D eigenvalue weighted by Gasteiger charge is 2.24.